The maximum absolute atomic E-state index is 12.5. The lowest BCUT2D eigenvalue weighted by molar-refractivity contribution is -0.143. The summed E-state index contributed by atoms with van der Waals surface area (Å²) in [5.74, 6) is -0.533. The summed E-state index contributed by atoms with van der Waals surface area (Å²) in [6.07, 6.45) is -4.25. The third kappa shape index (κ3) is 2.65. The number of anilines is 1. The monoisotopic (exact) mass is 278 g/mol. The van der Waals surface area contributed by atoms with Gasteiger partial charge in [0.15, 0.2) is 5.69 Å². The van der Waals surface area contributed by atoms with E-state index in [0.717, 1.165) is 10.7 Å². The van der Waals surface area contributed by atoms with Crippen molar-refractivity contribution >= 4 is 11.8 Å². The second-order valence-electron chi connectivity index (χ2n) is 4.27. The largest absolute Gasteiger partial charge is 0.468 e. The summed E-state index contributed by atoms with van der Waals surface area (Å²) in [6.45, 7) is 0.308. The molecular formula is C10H13F3N4O2. The van der Waals surface area contributed by atoms with Gasteiger partial charge in [-0.1, -0.05) is 0 Å². The van der Waals surface area contributed by atoms with Crippen molar-refractivity contribution in [3.05, 3.63) is 11.8 Å². The predicted octanol–water partition coefficient (Wildman–Crippen LogP) is 0.560. The fraction of sp³-hybridized carbons (Fsp3) is 0.600. The summed E-state index contributed by atoms with van der Waals surface area (Å²) in [7, 11) is 1.25. The first kappa shape index (κ1) is 13.7. The van der Waals surface area contributed by atoms with Gasteiger partial charge in [0.05, 0.1) is 13.2 Å². The summed E-state index contributed by atoms with van der Waals surface area (Å²) in [5.41, 5.74) is 4.49. The van der Waals surface area contributed by atoms with E-state index in [1.165, 1.54) is 7.11 Å². The lowest BCUT2D eigenvalue weighted by atomic mass is 10.2. The lowest BCUT2D eigenvalue weighted by Gasteiger charge is -2.11. The molecule has 2 heterocycles. The number of halogens is 3. The van der Waals surface area contributed by atoms with Crippen LogP contribution in [0, 0.1) is 0 Å². The van der Waals surface area contributed by atoms with Gasteiger partial charge in [0.1, 0.15) is 11.9 Å². The number of nitrogen functional groups attached to an aromatic ring is 1. The normalized spacial score (nSPS) is 23.6. The fourth-order valence-electron chi connectivity index (χ4n) is 2.07. The van der Waals surface area contributed by atoms with E-state index in [1.54, 1.807) is 0 Å². The van der Waals surface area contributed by atoms with E-state index >= 15 is 0 Å². The van der Waals surface area contributed by atoms with E-state index in [-0.39, 0.29) is 12.2 Å². The van der Waals surface area contributed by atoms with Crippen LogP contribution < -0.4 is 11.1 Å². The van der Waals surface area contributed by atoms with Crippen LogP contribution in [0.25, 0.3) is 0 Å². The Hall–Kier alpha value is -1.77. The van der Waals surface area contributed by atoms with Gasteiger partial charge in [-0.05, 0) is 6.42 Å². The number of nitrogens with two attached hydrogens (primary N) is 1. The van der Waals surface area contributed by atoms with Crippen LogP contribution >= 0.6 is 0 Å². The van der Waals surface area contributed by atoms with Crippen molar-refractivity contribution in [2.24, 2.45) is 0 Å². The molecule has 3 N–H and O–H groups in total. The van der Waals surface area contributed by atoms with Crippen molar-refractivity contribution in [3.8, 4) is 0 Å². The van der Waals surface area contributed by atoms with Crippen molar-refractivity contribution in [2.45, 2.75) is 24.7 Å². The van der Waals surface area contributed by atoms with Crippen molar-refractivity contribution in [1.29, 1.82) is 0 Å². The van der Waals surface area contributed by atoms with E-state index in [2.05, 4.69) is 15.2 Å². The quantitative estimate of drug-likeness (QED) is 0.772. The molecule has 6 nitrogen and oxygen atoms in total. The Morgan fingerprint density at radius 1 is 1.63 bits per heavy atom. The van der Waals surface area contributed by atoms with Crippen molar-refractivity contribution in [3.63, 3.8) is 0 Å². The highest BCUT2D eigenvalue weighted by Crippen LogP contribution is 2.31. The predicted molar refractivity (Wildman–Crippen MR) is 59.1 cm³/mol. The number of carbonyl (C=O) groups is 1. The molecule has 1 aliphatic rings. The van der Waals surface area contributed by atoms with Gasteiger partial charge in [0.25, 0.3) is 0 Å². The maximum atomic E-state index is 12.5. The first-order valence-electron chi connectivity index (χ1n) is 5.56. The first-order chi connectivity index (χ1) is 8.82. The third-order valence-corrected chi connectivity index (χ3v) is 2.99. The van der Waals surface area contributed by atoms with Crippen molar-refractivity contribution < 1.29 is 22.7 Å². The Labute approximate surface area is 106 Å². The van der Waals surface area contributed by atoms with Gasteiger partial charge >= 0.3 is 12.1 Å². The number of methoxy groups -OCH3 is 1. The molecule has 0 radical (unpaired) electrons. The molecule has 1 aliphatic heterocycles. The Kier molecular flexibility index (Phi) is 3.40. The molecule has 0 aliphatic carbocycles. The molecule has 0 spiro atoms. The number of aromatic nitrogens is 2. The Bertz CT molecular complexity index is 486. The summed E-state index contributed by atoms with van der Waals surface area (Å²) in [6, 6.07) is -0.168. The second-order valence-corrected chi connectivity index (χ2v) is 4.27. The third-order valence-electron chi connectivity index (χ3n) is 2.99. The zero-order valence-electron chi connectivity index (χ0n) is 10.1. The van der Waals surface area contributed by atoms with Crippen LogP contribution in [-0.2, 0) is 15.7 Å². The summed E-state index contributed by atoms with van der Waals surface area (Å²) < 4.78 is 43.2. The minimum absolute atomic E-state index is 0.0790. The molecule has 9 heteroatoms. The maximum Gasteiger partial charge on any atom is 0.435 e. The zero-order valence-corrected chi connectivity index (χ0v) is 10.1. The minimum atomic E-state index is -4.53. The standard InChI is InChI=1S/C10H13F3N4O2/c1-19-9(18)6-2-5(4-15-6)17-8(14)3-7(16-17)10(11,12)13/h3,5-6,15H,2,4,14H2,1H3. The Balaban J connectivity index is 2.16. The smallest absolute Gasteiger partial charge is 0.435 e. The molecule has 19 heavy (non-hydrogen) atoms. The van der Waals surface area contributed by atoms with E-state index in [9.17, 15) is 18.0 Å². The van der Waals surface area contributed by atoms with Gasteiger partial charge in [-0.15, -0.1) is 0 Å². The summed E-state index contributed by atoms with van der Waals surface area (Å²) in [5, 5.41) is 6.32. The van der Waals surface area contributed by atoms with Crippen molar-refractivity contribution in [2.75, 3.05) is 19.4 Å². The molecule has 0 amide bonds. The number of esters is 1. The van der Waals surface area contributed by atoms with E-state index < -0.39 is 29.9 Å². The van der Waals surface area contributed by atoms with Gasteiger partial charge < -0.3 is 15.8 Å². The van der Waals surface area contributed by atoms with Crippen LogP contribution in [0.4, 0.5) is 19.0 Å². The van der Waals surface area contributed by atoms with E-state index in [0.29, 0.717) is 6.54 Å². The average Bonchev–Trinajstić information content (AvgIpc) is 2.93. The topological polar surface area (TPSA) is 82.2 Å². The second kappa shape index (κ2) is 4.72. The molecule has 1 fully saturated rings. The molecule has 106 valence electrons. The van der Waals surface area contributed by atoms with Crippen LogP contribution in [-0.4, -0.2) is 35.4 Å². The fourth-order valence-corrected chi connectivity index (χ4v) is 2.07. The Morgan fingerprint density at radius 2 is 2.32 bits per heavy atom. The zero-order chi connectivity index (χ0) is 14.2. The van der Waals surface area contributed by atoms with Crippen LogP contribution in [0.1, 0.15) is 18.2 Å². The molecule has 0 aromatic carbocycles. The molecule has 2 atom stereocenters. The van der Waals surface area contributed by atoms with Gasteiger partial charge in [-0.25, -0.2) is 4.68 Å². The van der Waals surface area contributed by atoms with E-state index in [4.69, 9.17) is 5.73 Å². The van der Waals surface area contributed by atoms with Crippen LogP contribution in [0.3, 0.4) is 0 Å². The summed E-state index contributed by atoms with van der Waals surface area (Å²) in [4.78, 5) is 11.3. The molecule has 2 rings (SSSR count). The summed E-state index contributed by atoms with van der Waals surface area (Å²) >= 11 is 0. The van der Waals surface area contributed by atoms with Gasteiger partial charge in [-0.3, -0.25) is 4.79 Å². The number of ether oxygens (including phenoxy) is 1. The minimum Gasteiger partial charge on any atom is -0.468 e. The van der Waals surface area contributed by atoms with Gasteiger partial charge in [0.2, 0.25) is 0 Å². The number of alkyl halides is 3. The van der Waals surface area contributed by atoms with Crippen LogP contribution in [0.15, 0.2) is 6.07 Å². The highest BCUT2D eigenvalue weighted by Gasteiger charge is 2.37. The molecule has 0 saturated carbocycles. The Morgan fingerprint density at radius 3 is 2.84 bits per heavy atom. The van der Waals surface area contributed by atoms with Crippen LogP contribution in [0.2, 0.25) is 0 Å². The SMILES string of the molecule is COC(=O)C1CC(n2nc(C(F)(F)F)cc2N)CN1. The average molecular weight is 278 g/mol. The van der Waals surface area contributed by atoms with E-state index in [1.807, 2.05) is 0 Å². The van der Waals surface area contributed by atoms with Crippen molar-refractivity contribution in [1.82, 2.24) is 15.1 Å². The number of nitrogens with zero attached hydrogens (tertiary/aromatic N) is 2. The lowest BCUT2D eigenvalue weighted by Crippen LogP contribution is -2.31. The molecular weight excluding hydrogens is 265 g/mol. The molecule has 1 aromatic rings. The molecule has 1 aromatic heterocycles. The molecule has 1 saturated heterocycles. The number of hydrogen-bond acceptors (Lipinski definition) is 5. The van der Waals surface area contributed by atoms with Gasteiger partial charge in [0, 0.05) is 12.6 Å². The highest BCUT2D eigenvalue weighted by molar-refractivity contribution is 5.76. The van der Waals surface area contributed by atoms with Crippen LogP contribution in [0.5, 0.6) is 0 Å². The molecule has 0 bridgehead atoms. The van der Waals surface area contributed by atoms with Gasteiger partial charge in [-0.2, -0.15) is 18.3 Å². The number of carbonyl (C=O) groups excluding carboxylic acids is 1. The molecule has 2 unspecified atom stereocenters. The highest BCUT2D eigenvalue weighted by atomic mass is 19.4. The first-order valence-corrected chi connectivity index (χ1v) is 5.56. The number of rotatable bonds is 2. The number of hydrogen-bond donors (Lipinski definition) is 2. The number of nitrogens with one attached hydrogen (secondary N) is 1.